The Kier molecular flexibility index (Phi) is 4.63. The van der Waals surface area contributed by atoms with E-state index in [0.717, 1.165) is 59.1 Å². The molecule has 0 radical (unpaired) electrons. The summed E-state index contributed by atoms with van der Waals surface area (Å²) in [4.78, 5) is 17.0. The molecule has 7 nitrogen and oxygen atoms in total. The molecule has 2 fully saturated rings. The molecule has 3 N–H and O–H groups in total. The van der Waals surface area contributed by atoms with E-state index in [-0.39, 0.29) is 22.3 Å². The van der Waals surface area contributed by atoms with E-state index in [0.29, 0.717) is 12.4 Å². The van der Waals surface area contributed by atoms with Gasteiger partial charge in [0, 0.05) is 47.9 Å². The molecule has 2 aromatic carbocycles. The zero-order valence-corrected chi connectivity index (χ0v) is 19.7. The first-order chi connectivity index (χ1) is 16.3. The zero-order chi connectivity index (χ0) is 23.7. The lowest BCUT2D eigenvalue weighted by atomic mass is 9.85. The highest BCUT2D eigenvalue weighted by Crippen LogP contribution is 2.51. The van der Waals surface area contributed by atoms with Crippen molar-refractivity contribution in [2.24, 2.45) is 0 Å². The smallest absolute Gasteiger partial charge is 0.251 e. The summed E-state index contributed by atoms with van der Waals surface area (Å²) in [6.45, 7) is 0.682. The fourth-order valence-electron chi connectivity index (χ4n) is 4.87. The third-order valence-corrected chi connectivity index (χ3v) is 9.36. The maximum absolute atomic E-state index is 12.8. The fourth-order valence-corrected chi connectivity index (χ4v) is 6.29. The highest BCUT2D eigenvalue weighted by molar-refractivity contribution is 7.89. The van der Waals surface area contributed by atoms with Crippen LogP contribution >= 0.6 is 0 Å². The van der Waals surface area contributed by atoms with Gasteiger partial charge in [-0.05, 0) is 72.7 Å². The van der Waals surface area contributed by atoms with E-state index in [1.54, 1.807) is 37.5 Å². The van der Waals surface area contributed by atoms with Gasteiger partial charge in [0.25, 0.3) is 5.91 Å². The summed E-state index contributed by atoms with van der Waals surface area (Å²) in [6, 6.07) is 14.9. The first-order valence-electron chi connectivity index (χ1n) is 11.6. The fraction of sp³-hybridized carbons (Fsp3) is 0.308. The number of fused-ring (bicyclic) bond motifs is 2. The van der Waals surface area contributed by atoms with Crippen molar-refractivity contribution in [3.05, 3.63) is 65.9 Å². The number of carbonyl (C=O) groups excluding carboxylic acids is 1. The minimum absolute atomic E-state index is 0.0266. The van der Waals surface area contributed by atoms with Crippen molar-refractivity contribution in [3.8, 4) is 22.3 Å². The molecule has 6 rings (SSSR count). The Balaban J connectivity index is 1.35. The minimum Gasteiger partial charge on any atom is -0.383 e. The van der Waals surface area contributed by atoms with E-state index in [9.17, 15) is 13.2 Å². The van der Waals surface area contributed by atoms with Crippen molar-refractivity contribution >= 4 is 21.7 Å². The van der Waals surface area contributed by atoms with E-state index in [1.165, 1.54) is 4.31 Å². The average Bonchev–Trinajstić information content (AvgIpc) is 3.77. The van der Waals surface area contributed by atoms with Gasteiger partial charge in [-0.3, -0.25) is 4.79 Å². The van der Waals surface area contributed by atoms with Crippen LogP contribution in [0.15, 0.2) is 59.6 Å². The maximum atomic E-state index is 12.8. The number of carbonyl (C=O) groups is 1. The third kappa shape index (κ3) is 3.40. The molecule has 0 saturated heterocycles. The Hall–Kier alpha value is -3.23. The number of hydrogen-bond acceptors (Lipinski definition) is 5. The second kappa shape index (κ2) is 7.38. The molecule has 2 heterocycles. The molecule has 1 amide bonds. The van der Waals surface area contributed by atoms with E-state index in [4.69, 9.17) is 5.73 Å². The quantitative estimate of drug-likeness (QED) is 0.588. The van der Waals surface area contributed by atoms with Gasteiger partial charge in [-0.1, -0.05) is 18.2 Å². The van der Waals surface area contributed by atoms with Crippen molar-refractivity contribution in [2.45, 2.75) is 42.0 Å². The number of amides is 1. The van der Waals surface area contributed by atoms with Crippen LogP contribution in [0.2, 0.25) is 0 Å². The van der Waals surface area contributed by atoms with E-state index < -0.39 is 10.0 Å². The lowest BCUT2D eigenvalue weighted by Crippen LogP contribution is -2.39. The van der Waals surface area contributed by atoms with Crippen LogP contribution < -0.4 is 11.1 Å². The number of nitrogens with zero attached hydrogens (tertiary/aromatic N) is 2. The number of nitrogen functional groups attached to an aromatic ring is 1. The van der Waals surface area contributed by atoms with Gasteiger partial charge in [-0.25, -0.2) is 13.4 Å². The van der Waals surface area contributed by atoms with E-state index >= 15 is 0 Å². The van der Waals surface area contributed by atoms with Crippen LogP contribution in [0.5, 0.6) is 0 Å². The van der Waals surface area contributed by atoms with Gasteiger partial charge in [-0.2, -0.15) is 4.31 Å². The molecule has 1 aromatic heterocycles. The Morgan fingerprint density at radius 2 is 1.71 bits per heavy atom. The zero-order valence-electron chi connectivity index (χ0n) is 18.9. The Morgan fingerprint density at radius 1 is 1.00 bits per heavy atom. The van der Waals surface area contributed by atoms with Crippen LogP contribution in [0.4, 0.5) is 5.82 Å². The monoisotopic (exact) mass is 474 g/mol. The first kappa shape index (κ1) is 21.3. The summed E-state index contributed by atoms with van der Waals surface area (Å²) in [5, 5.41) is 3.00. The van der Waals surface area contributed by atoms with E-state index in [2.05, 4.69) is 16.4 Å². The summed E-state index contributed by atoms with van der Waals surface area (Å²) in [7, 11) is -1.84. The standard InChI is InChI=1S/C26H26N4O3S/c1-30(19-5-6-19)34(32,33)20-7-2-16(3-8-20)18-12-22(24(27)28-14-18)17-4-9-21-23(13-17)26(10-11-26)15-29-25(21)31/h2-4,7-9,12-14,19H,5-6,10-11,15H2,1H3,(H2,27,28)(H,29,31). The summed E-state index contributed by atoms with van der Waals surface area (Å²) in [6.07, 6.45) is 5.68. The molecular weight excluding hydrogens is 448 g/mol. The number of sulfonamides is 1. The molecule has 0 unspecified atom stereocenters. The minimum atomic E-state index is -3.49. The van der Waals surface area contributed by atoms with Crippen LogP contribution in [-0.4, -0.2) is 43.2 Å². The van der Waals surface area contributed by atoms with Crippen LogP contribution in [-0.2, 0) is 15.4 Å². The van der Waals surface area contributed by atoms with E-state index in [1.807, 2.05) is 18.2 Å². The summed E-state index contributed by atoms with van der Waals surface area (Å²) in [5.41, 5.74) is 11.6. The highest BCUT2D eigenvalue weighted by Gasteiger charge is 2.48. The van der Waals surface area contributed by atoms with Crippen molar-refractivity contribution < 1.29 is 13.2 Å². The van der Waals surface area contributed by atoms with Gasteiger partial charge < -0.3 is 11.1 Å². The molecule has 2 aliphatic carbocycles. The third-order valence-electron chi connectivity index (χ3n) is 7.43. The molecular formula is C26H26N4O3S. The largest absolute Gasteiger partial charge is 0.383 e. The van der Waals surface area contributed by atoms with Gasteiger partial charge in [0.05, 0.1) is 4.90 Å². The number of hydrogen-bond donors (Lipinski definition) is 2. The molecule has 34 heavy (non-hydrogen) atoms. The summed E-state index contributed by atoms with van der Waals surface area (Å²) < 4.78 is 27.1. The van der Waals surface area contributed by atoms with Gasteiger partial charge in [0.2, 0.25) is 10.0 Å². The molecule has 1 spiro atoms. The lowest BCUT2D eigenvalue weighted by Gasteiger charge is -2.26. The van der Waals surface area contributed by atoms with Gasteiger partial charge >= 0.3 is 0 Å². The topological polar surface area (TPSA) is 105 Å². The van der Waals surface area contributed by atoms with Crippen molar-refractivity contribution in [1.29, 1.82) is 0 Å². The molecule has 174 valence electrons. The van der Waals surface area contributed by atoms with Crippen molar-refractivity contribution in [3.63, 3.8) is 0 Å². The number of anilines is 1. The maximum Gasteiger partial charge on any atom is 0.251 e. The van der Waals surface area contributed by atoms with Crippen LogP contribution in [0, 0.1) is 0 Å². The second-order valence-electron chi connectivity index (χ2n) is 9.66. The number of pyridine rings is 1. The molecule has 8 heteroatoms. The van der Waals surface area contributed by atoms with Crippen molar-refractivity contribution in [2.75, 3.05) is 19.3 Å². The lowest BCUT2D eigenvalue weighted by molar-refractivity contribution is 0.0937. The molecule has 3 aliphatic rings. The predicted molar refractivity (Wildman–Crippen MR) is 131 cm³/mol. The summed E-state index contributed by atoms with van der Waals surface area (Å²) in [5.74, 6) is 0.389. The Labute approximate surface area is 199 Å². The number of nitrogens with one attached hydrogen (secondary N) is 1. The first-order valence-corrected chi connectivity index (χ1v) is 13.0. The van der Waals surface area contributed by atoms with Gasteiger partial charge in [0.1, 0.15) is 5.82 Å². The SMILES string of the molecule is CN(C1CC1)S(=O)(=O)c1ccc(-c2cnc(N)c(-c3ccc4c(c3)C3(CC3)CNC4=O)c2)cc1. The highest BCUT2D eigenvalue weighted by atomic mass is 32.2. The second-order valence-corrected chi connectivity index (χ2v) is 11.7. The Bertz CT molecular complexity index is 1420. The van der Waals surface area contributed by atoms with Gasteiger partial charge in [0.15, 0.2) is 0 Å². The molecule has 1 aliphatic heterocycles. The van der Waals surface area contributed by atoms with Crippen LogP contribution in [0.3, 0.4) is 0 Å². The number of benzene rings is 2. The number of aromatic nitrogens is 1. The average molecular weight is 475 g/mol. The Morgan fingerprint density at radius 3 is 2.38 bits per heavy atom. The number of nitrogens with two attached hydrogens (primary N) is 1. The summed E-state index contributed by atoms with van der Waals surface area (Å²) >= 11 is 0. The van der Waals surface area contributed by atoms with Gasteiger partial charge in [-0.15, -0.1) is 0 Å². The molecule has 2 saturated carbocycles. The number of rotatable bonds is 5. The normalized spacial score (nSPS) is 18.6. The molecule has 0 bridgehead atoms. The molecule has 3 aromatic rings. The van der Waals surface area contributed by atoms with Crippen molar-refractivity contribution in [1.82, 2.24) is 14.6 Å². The van der Waals surface area contributed by atoms with Crippen LogP contribution in [0.25, 0.3) is 22.3 Å². The molecule has 0 atom stereocenters. The van der Waals surface area contributed by atoms with Crippen LogP contribution in [0.1, 0.15) is 41.6 Å². The predicted octanol–water partition coefficient (Wildman–Crippen LogP) is 3.56.